The molecule has 0 saturated carbocycles. The molecule has 1 rings (SSSR count). The molecule has 0 amide bonds. The molecule has 0 atom stereocenters. The maximum Gasteiger partial charge on any atom is 0.119 e. The Morgan fingerprint density at radius 2 is 1.56 bits per heavy atom. The van der Waals surface area contributed by atoms with Crippen LogP contribution in [-0.4, -0.2) is 19.3 Å². The van der Waals surface area contributed by atoms with Crippen LogP contribution in [0.4, 0.5) is 0 Å². The molecule has 1 aromatic carbocycles. The smallest absolute Gasteiger partial charge is 0.119 e. The molecule has 0 aliphatic heterocycles. The number of para-hydroxylation sites is 1. The molecule has 0 heterocycles. The van der Waals surface area contributed by atoms with E-state index in [0.29, 0.717) is 13.2 Å². The van der Waals surface area contributed by atoms with E-state index in [1.165, 1.54) is 6.42 Å². The van der Waals surface area contributed by atoms with Gasteiger partial charge in [-0.2, -0.15) is 0 Å². The lowest BCUT2D eigenvalue weighted by atomic mass is 10.3. The van der Waals surface area contributed by atoms with E-state index >= 15 is 0 Å². The van der Waals surface area contributed by atoms with Crippen LogP contribution in [0.15, 0.2) is 30.3 Å². The van der Waals surface area contributed by atoms with E-state index in [4.69, 9.17) is 9.47 Å². The molecule has 2 heteroatoms. The predicted octanol–water partition coefficient (Wildman–Crippen LogP) is 3.91. The lowest BCUT2D eigenvalue weighted by Gasteiger charge is -2.08. The van der Waals surface area contributed by atoms with Gasteiger partial charge in [0.2, 0.25) is 0 Å². The van der Waals surface area contributed by atoms with Gasteiger partial charge in [-0.25, -0.2) is 0 Å². The maximum atomic E-state index is 5.43. The molecule has 0 N–H and O–H groups in total. The Morgan fingerprint density at radius 1 is 1.00 bits per heavy atom. The fourth-order valence-corrected chi connectivity index (χ4v) is 0.960. The first-order valence-electron chi connectivity index (χ1n) is 6.00. The average Bonchev–Trinajstić information content (AvgIpc) is 2.27. The van der Waals surface area contributed by atoms with Crippen molar-refractivity contribution in [3.8, 4) is 5.75 Å². The Labute approximate surface area is 99.6 Å². The highest BCUT2D eigenvalue weighted by atomic mass is 16.5. The minimum Gasteiger partial charge on any atom is -0.491 e. The van der Waals surface area contributed by atoms with Gasteiger partial charge >= 0.3 is 0 Å². The molecule has 0 aliphatic carbocycles. The van der Waals surface area contributed by atoms with Gasteiger partial charge in [0.1, 0.15) is 12.4 Å². The second kappa shape index (κ2) is 10.5. The minimum atomic E-state index is 0.277. The monoisotopic (exact) mass is 224 g/mol. The molecular formula is C14H24O2. The standard InChI is InChI=1S/C11H16O2.C3H8/c1-10(2)12-8-9-13-11-6-4-3-5-7-11;1-3-2/h3-7,10H,8-9H2,1-2H3;3H2,1-2H3. The summed E-state index contributed by atoms with van der Waals surface area (Å²) in [5, 5.41) is 0. The summed E-state index contributed by atoms with van der Waals surface area (Å²) in [5.74, 6) is 0.898. The highest BCUT2D eigenvalue weighted by Crippen LogP contribution is 2.07. The number of ether oxygens (including phenoxy) is 2. The summed E-state index contributed by atoms with van der Waals surface area (Å²) in [7, 11) is 0. The fraction of sp³-hybridized carbons (Fsp3) is 0.571. The summed E-state index contributed by atoms with van der Waals surface area (Å²) in [6.07, 6.45) is 1.53. The van der Waals surface area contributed by atoms with Crippen molar-refractivity contribution >= 4 is 0 Å². The van der Waals surface area contributed by atoms with Crippen LogP contribution in [-0.2, 0) is 4.74 Å². The first kappa shape index (κ1) is 15.0. The van der Waals surface area contributed by atoms with Crippen molar-refractivity contribution in [2.24, 2.45) is 0 Å². The van der Waals surface area contributed by atoms with Crippen LogP contribution in [0.5, 0.6) is 5.75 Å². The van der Waals surface area contributed by atoms with E-state index in [1.807, 2.05) is 44.2 Å². The number of rotatable bonds is 5. The Morgan fingerprint density at radius 3 is 2.06 bits per heavy atom. The molecule has 0 saturated heterocycles. The van der Waals surface area contributed by atoms with Gasteiger partial charge in [0.15, 0.2) is 0 Å². The lowest BCUT2D eigenvalue weighted by molar-refractivity contribution is 0.0553. The average molecular weight is 224 g/mol. The van der Waals surface area contributed by atoms with Gasteiger partial charge in [-0.1, -0.05) is 38.5 Å². The van der Waals surface area contributed by atoms with Crippen molar-refractivity contribution in [2.45, 2.75) is 40.2 Å². The van der Waals surface area contributed by atoms with Crippen molar-refractivity contribution < 1.29 is 9.47 Å². The zero-order chi connectivity index (χ0) is 12.2. The topological polar surface area (TPSA) is 18.5 Å². The van der Waals surface area contributed by atoms with Crippen molar-refractivity contribution in [1.29, 1.82) is 0 Å². The molecular weight excluding hydrogens is 200 g/mol. The van der Waals surface area contributed by atoms with Crippen LogP contribution < -0.4 is 4.74 Å². The predicted molar refractivity (Wildman–Crippen MR) is 69.0 cm³/mol. The van der Waals surface area contributed by atoms with E-state index in [1.54, 1.807) is 0 Å². The van der Waals surface area contributed by atoms with Crippen molar-refractivity contribution in [1.82, 2.24) is 0 Å². The Balaban J connectivity index is 0.000000673. The summed E-state index contributed by atoms with van der Waals surface area (Å²) in [6, 6.07) is 9.76. The molecule has 0 radical (unpaired) electrons. The first-order valence-corrected chi connectivity index (χ1v) is 6.00. The van der Waals surface area contributed by atoms with E-state index in [0.717, 1.165) is 5.75 Å². The summed E-state index contributed by atoms with van der Waals surface area (Å²) in [4.78, 5) is 0. The van der Waals surface area contributed by atoms with Crippen molar-refractivity contribution in [3.05, 3.63) is 30.3 Å². The highest BCUT2D eigenvalue weighted by molar-refractivity contribution is 5.20. The molecule has 0 spiro atoms. The van der Waals surface area contributed by atoms with Crippen LogP contribution in [0.25, 0.3) is 0 Å². The number of hydrogen-bond acceptors (Lipinski definition) is 2. The third-order valence-electron chi connectivity index (χ3n) is 1.55. The molecule has 0 aliphatic rings. The summed E-state index contributed by atoms with van der Waals surface area (Å²) < 4.78 is 10.8. The zero-order valence-electron chi connectivity index (χ0n) is 10.9. The third kappa shape index (κ3) is 9.53. The van der Waals surface area contributed by atoms with Gasteiger partial charge in [-0.3, -0.25) is 0 Å². The molecule has 0 fully saturated rings. The molecule has 16 heavy (non-hydrogen) atoms. The van der Waals surface area contributed by atoms with Crippen LogP contribution in [0, 0.1) is 0 Å². The molecule has 1 aromatic rings. The van der Waals surface area contributed by atoms with E-state index < -0.39 is 0 Å². The summed E-state index contributed by atoms with van der Waals surface area (Å²) in [5.41, 5.74) is 0. The van der Waals surface area contributed by atoms with Gasteiger partial charge < -0.3 is 9.47 Å². The molecule has 0 unspecified atom stereocenters. The summed E-state index contributed by atoms with van der Waals surface area (Å²) >= 11 is 0. The van der Waals surface area contributed by atoms with Gasteiger partial charge in [-0.15, -0.1) is 0 Å². The largest absolute Gasteiger partial charge is 0.491 e. The molecule has 0 bridgehead atoms. The summed E-state index contributed by atoms with van der Waals surface area (Å²) in [6.45, 7) is 9.54. The van der Waals surface area contributed by atoms with Crippen LogP contribution in [0.3, 0.4) is 0 Å². The molecule has 92 valence electrons. The Hall–Kier alpha value is -1.02. The van der Waals surface area contributed by atoms with Crippen LogP contribution in [0.2, 0.25) is 0 Å². The normalized spacial score (nSPS) is 9.56. The number of benzene rings is 1. The van der Waals surface area contributed by atoms with Gasteiger partial charge in [0, 0.05) is 0 Å². The molecule has 2 nitrogen and oxygen atoms in total. The highest BCUT2D eigenvalue weighted by Gasteiger charge is 1.93. The SMILES string of the molecule is CC(C)OCCOc1ccccc1.CCC. The Kier molecular flexibility index (Phi) is 9.83. The van der Waals surface area contributed by atoms with E-state index in [-0.39, 0.29) is 6.10 Å². The van der Waals surface area contributed by atoms with Gasteiger partial charge in [0.25, 0.3) is 0 Å². The minimum absolute atomic E-state index is 0.277. The first-order chi connectivity index (χ1) is 7.70. The second-order valence-corrected chi connectivity index (χ2v) is 3.79. The van der Waals surface area contributed by atoms with Gasteiger partial charge in [-0.05, 0) is 26.0 Å². The number of hydrogen-bond donors (Lipinski definition) is 0. The molecule has 0 aromatic heterocycles. The van der Waals surface area contributed by atoms with Gasteiger partial charge in [0.05, 0.1) is 12.7 Å². The third-order valence-corrected chi connectivity index (χ3v) is 1.55. The second-order valence-electron chi connectivity index (χ2n) is 3.79. The van der Waals surface area contributed by atoms with E-state index in [2.05, 4.69) is 13.8 Å². The van der Waals surface area contributed by atoms with Crippen LogP contribution >= 0.6 is 0 Å². The maximum absolute atomic E-state index is 5.43. The Bertz CT molecular complexity index is 232. The van der Waals surface area contributed by atoms with Crippen LogP contribution in [0.1, 0.15) is 34.1 Å². The fourth-order valence-electron chi connectivity index (χ4n) is 0.960. The quantitative estimate of drug-likeness (QED) is 0.706. The van der Waals surface area contributed by atoms with Crippen molar-refractivity contribution in [2.75, 3.05) is 13.2 Å². The van der Waals surface area contributed by atoms with Crippen molar-refractivity contribution in [3.63, 3.8) is 0 Å². The lowest BCUT2D eigenvalue weighted by Crippen LogP contribution is -2.11. The van der Waals surface area contributed by atoms with E-state index in [9.17, 15) is 0 Å². The zero-order valence-corrected chi connectivity index (χ0v) is 10.9.